The summed E-state index contributed by atoms with van der Waals surface area (Å²) in [5.74, 6) is 0.801. The van der Waals surface area contributed by atoms with Crippen molar-refractivity contribution in [1.82, 2.24) is 20.1 Å². The van der Waals surface area contributed by atoms with E-state index in [-0.39, 0.29) is 17.2 Å². The van der Waals surface area contributed by atoms with E-state index in [1.807, 2.05) is 0 Å². The van der Waals surface area contributed by atoms with Gasteiger partial charge in [-0.15, -0.1) is 0 Å². The number of hydrogen-bond donors (Lipinski definition) is 2. The summed E-state index contributed by atoms with van der Waals surface area (Å²) in [4.78, 5) is 16.1. The minimum Gasteiger partial charge on any atom is -0.317 e. The van der Waals surface area contributed by atoms with Crippen LogP contribution in [0.3, 0.4) is 0 Å². The number of rotatable bonds is 2. The van der Waals surface area contributed by atoms with Crippen LogP contribution in [0.5, 0.6) is 0 Å². The number of carbonyl (C=O) groups is 1. The SMILES string of the molecule is Cn1ncnc1NC(=O)C1CC12CCNCC2. The third-order valence-corrected chi connectivity index (χ3v) is 4.05. The molecule has 2 N–H and O–H groups in total. The van der Waals surface area contributed by atoms with Crippen molar-refractivity contribution in [3.63, 3.8) is 0 Å². The van der Waals surface area contributed by atoms with Crippen molar-refractivity contribution in [2.24, 2.45) is 18.4 Å². The molecular formula is C11H17N5O. The van der Waals surface area contributed by atoms with Gasteiger partial charge in [0.2, 0.25) is 11.9 Å². The summed E-state index contributed by atoms with van der Waals surface area (Å²) >= 11 is 0. The highest BCUT2D eigenvalue weighted by atomic mass is 16.2. The van der Waals surface area contributed by atoms with E-state index >= 15 is 0 Å². The van der Waals surface area contributed by atoms with Crippen LogP contribution in [0.25, 0.3) is 0 Å². The van der Waals surface area contributed by atoms with Gasteiger partial charge in [0.15, 0.2) is 0 Å². The quantitative estimate of drug-likeness (QED) is 0.765. The van der Waals surface area contributed by atoms with Crippen LogP contribution in [0.15, 0.2) is 6.33 Å². The third kappa shape index (κ3) is 1.82. The van der Waals surface area contributed by atoms with Gasteiger partial charge in [-0.3, -0.25) is 10.1 Å². The second-order valence-corrected chi connectivity index (χ2v) is 5.07. The molecule has 0 bridgehead atoms. The second-order valence-electron chi connectivity index (χ2n) is 5.07. The summed E-state index contributed by atoms with van der Waals surface area (Å²) in [6, 6.07) is 0. The first-order chi connectivity index (χ1) is 8.21. The lowest BCUT2D eigenvalue weighted by Crippen LogP contribution is -2.31. The summed E-state index contributed by atoms with van der Waals surface area (Å²) in [5.41, 5.74) is 0.272. The molecule has 1 aliphatic heterocycles. The molecule has 2 fully saturated rings. The van der Waals surface area contributed by atoms with E-state index < -0.39 is 0 Å². The molecule has 1 unspecified atom stereocenters. The standard InChI is InChI=1S/C11H17N5O/c1-16-10(13-7-14-16)15-9(17)8-6-11(8)2-4-12-5-3-11/h7-8,12H,2-6H2,1H3,(H,13,14,15,17). The van der Waals surface area contributed by atoms with Crippen molar-refractivity contribution in [3.05, 3.63) is 6.33 Å². The molecule has 1 spiro atoms. The monoisotopic (exact) mass is 235 g/mol. The first kappa shape index (κ1) is 10.7. The average Bonchev–Trinajstić information content (AvgIpc) is 2.87. The zero-order valence-electron chi connectivity index (χ0n) is 9.94. The highest BCUT2D eigenvalue weighted by Gasteiger charge is 2.57. The molecule has 1 saturated carbocycles. The number of aromatic nitrogens is 3. The lowest BCUT2D eigenvalue weighted by molar-refractivity contribution is -0.118. The van der Waals surface area contributed by atoms with E-state index in [1.54, 1.807) is 11.7 Å². The summed E-state index contributed by atoms with van der Waals surface area (Å²) in [6.07, 6.45) is 4.70. The molecule has 1 atom stereocenters. The zero-order valence-corrected chi connectivity index (χ0v) is 9.94. The molecule has 2 heterocycles. The topological polar surface area (TPSA) is 71.8 Å². The number of amides is 1. The lowest BCUT2D eigenvalue weighted by Gasteiger charge is -2.23. The highest BCUT2D eigenvalue weighted by molar-refractivity contribution is 5.93. The predicted molar refractivity (Wildman–Crippen MR) is 62.3 cm³/mol. The summed E-state index contributed by atoms with van der Waals surface area (Å²) in [7, 11) is 1.77. The number of hydrogen-bond acceptors (Lipinski definition) is 4. The molecule has 1 amide bonds. The number of aryl methyl sites for hydroxylation is 1. The van der Waals surface area contributed by atoms with E-state index in [4.69, 9.17) is 0 Å². The Hall–Kier alpha value is -1.43. The van der Waals surface area contributed by atoms with Crippen LogP contribution in [-0.4, -0.2) is 33.8 Å². The Bertz CT molecular complexity index is 435. The van der Waals surface area contributed by atoms with Gasteiger partial charge in [0.1, 0.15) is 6.33 Å². The fourth-order valence-electron chi connectivity index (χ4n) is 2.80. The molecule has 92 valence electrons. The average molecular weight is 235 g/mol. The van der Waals surface area contributed by atoms with Crippen molar-refractivity contribution in [1.29, 1.82) is 0 Å². The van der Waals surface area contributed by atoms with Gasteiger partial charge >= 0.3 is 0 Å². The van der Waals surface area contributed by atoms with Gasteiger partial charge in [0, 0.05) is 13.0 Å². The number of nitrogens with one attached hydrogen (secondary N) is 2. The van der Waals surface area contributed by atoms with E-state index in [1.165, 1.54) is 6.33 Å². The fraction of sp³-hybridized carbons (Fsp3) is 0.727. The highest BCUT2D eigenvalue weighted by Crippen LogP contribution is 2.58. The molecule has 3 rings (SSSR count). The number of carbonyl (C=O) groups excluding carboxylic acids is 1. The van der Waals surface area contributed by atoms with Crippen LogP contribution < -0.4 is 10.6 Å². The van der Waals surface area contributed by atoms with Crippen LogP contribution in [0.1, 0.15) is 19.3 Å². The normalized spacial score (nSPS) is 25.8. The van der Waals surface area contributed by atoms with Gasteiger partial charge in [0.05, 0.1) is 0 Å². The minimum atomic E-state index is 0.100. The molecule has 2 aliphatic rings. The Kier molecular flexibility index (Phi) is 2.39. The minimum absolute atomic E-state index is 0.100. The Morgan fingerprint density at radius 1 is 1.59 bits per heavy atom. The molecule has 17 heavy (non-hydrogen) atoms. The maximum atomic E-state index is 12.1. The third-order valence-electron chi connectivity index (χ3n) is 4.05. The number of piperidine rings is 1. The van der Waals surface area contributed by atoms with Crippen LogP contribution in [0.4, 0.5) is 5.95 Å². The molecule has 1 aromatic rings. The van der Waals surface area contributed by atoms with Crippen molar-refractivity contribution >= 4 is 11.9 Å². The zero-order chi connectivity index (χ0) is 11.9. The largest absolute Gasteiger partial charge is 0.317 e. The molecule has 6 heteroatoms. The van der Waals surface area contributed by atoms with Gasteiger partial charge in [-0.25, -0.2) is 4.68 Å². The van der Waals surface area contributed by atoms with Crippen LogP contribution in [0.2, 0.25) is 0 Å². The van der Waals surface area contributed by atoms with Crippen molar-refractivity contribution < 1.29 is 4.79 Å². The molecular weight excluding hydrogens is 218 g/mol. The first-order valence-electron chi connectivity index (χ1n) is 6.07. The van der Waals surface area contributed by atoms with Gasteiger partial charge in [0.25, 0.3) is 0 Å². The number of nitrogens with zero attached hydrogens (tertiary/aromatic N) is 3. The molecule has 1 saturated heterocycles. The fourth-order valence-corrected chi connectivity index (χ4v) is 2.80. The van der Waals surface area contributed by atoms with Crippen molar-refractivity contribution in [2.45, 2.75) is 19.3 Å². The van der Waals surface area contributed by atoms with Crippen LogP contribution >= 0.6 is 0 Å². The molecule has 0 radical (unpaired) electrons. The molecule has 1 aromatic heterocycles. The summed E-state index contributed by atoms with van der Waals surface area (Å²) in [6.45, 7) is 2.07. The molecule has 6 nitrogen and oxygen atoms in total. The maximum Gasteiger partial charge on any atom is 0.230 e. The smallest absolute Gasteiger partial charge is 0.230 e. The van der Waals surface area contributed by atoms with E-state index in [0.717, 1.165) is 32.4 Å². The maximum absolute atomic E-state index is 12.1. The van der Waals surface area contributed by atoms with Crippen molar-refractivity contribution in [2.75, 3.05) is 18.4 Å². The summed E-state index contributed by atoms with van der Waals surface area (Å²) in [5, 5.41) is 10.1. The van der Waals surface area contributed by atoms with Crippen molar-refractivity contribution in [3.8, 4) is 0 Å². The van der Waals surface area contributed by atoms with Crippen LogP contribution in [0, 0.1) is 11.3 Å². The lowest BCUT2D eigenvalue weighted by atomic mass is 9.92. The van der Waals surface area contributed by atoms with E-state index in [2.05, 4.69) is 20.7 Å². The predicted octanol–water partition coefficient (Wildman–Crippen LogP) is 0.143. The Balaban J connectivity index is 1.63. The Morgan fingerprint density at radius 2 is 2.35 bits per heavy atom. The summed E-state index contributed by atoms with van der Waals surface area (Å²) < 4.78 is 1.58. The molecule has 1 aliphatic carbocycles. The van der Waals surface area contributed by atoms with Gasteiger partial charge < -0.3 is 5.32 Å². The van der Waals surface area contributed by atoms with E-state index in [9.17, 15) is 4.79 Å². The van der Waals surface area contributed by atoms with Crippen LogP contribution in [-0.2, 0) is 11.8 Å². The van der Waals surface area contributed by atoms with E-state index in [0.29, 0.717) is 5.95 Å². The molecule has 0 aromatic carbocycles. The van der Waals surface area contributed by atoms with Gasteiger partial charge in [-0.1, -0.05) is 0 Å². The van der Waals surface area contributed by atoms with Gasteiger partial charge in [-0.05, 0) is 37.8 Å². The first-order valence-corrected chi connectivity index (χ1v) is 6.07. The Labute approximate surface area is 99.8 Å². The Morgan fingerprint density at radius 3 is 3.00 bits per heavy atom. The second kappa shape index (κ2) is 3.80. The van der Waals surface area contributed by atoms with Gasteiger partial charge in [-0.2, -0.15) is 10.1 Å². The number of anilines is 1.